The monoisotopic (exact) mass is 361 g/mol. The molecule has 0 saturated heterocycles. The second kappa shape index (κ2) is 4.76. The van der Waals surface area contributed by atoms with E-state index in [2.05, 4.69) is 20.9 Å². The predicted octanol–water partition coefficient (Wildman–Crippen LogP) is 1.63. The normalized spacial score (nSPS) is 19.9. The molecule has 1 aromatic heterocycles. The van der Waals surface area contributed by atoms with Gasteiger partial charge in [0.2, 0.25) is 5.95 Å². The highest BCUT2D eigenvalue weighted by molar-refractivity contribution is 9.10. The number of pyridine rings is 1. The lowest BCUT2D eigenvalue weighted by Gasteiger charge is -2.26. The van der Waals surface area contributed by atoms with Crippen molar-refractivity contribution in [2.75, 3.05) is 5.75 Å². The maximum atomic E-state index is 13.8. The Morgan fingerprint density at radius 3 is 2.75 bits per heavy atom. The van der Waals surface area contributed by atoms with Crippen LogP contribution in [0, 0.1) is 17.3 Å². The molecule has 108 valence electrons. The number of hydrogen-bond acceptors (Lipinski definition) is 5. The molecule has 2 rings (SSSR count). The third kappa shape index (κ3) is 2.57. The van der Waals surface area contributed by atoms with Crippen LogP contribution >= 0.6 is 15.9 Å². The third-order valence-corrected chi connectivity index (χ3v) is 6.52. The van der Waals surface area contributed by atoms with Crippen LogP contribution in [0.2, 0.25) is 0 Å². The van der Waals surface area contributed by atoms with Gasteiger partial charge in [0.15, 0.2) is 14.6 Å². The molecule has 1 aromatic rings. The van der Waals surface area contributed by atoms with Gasteiger partial charge in [-0.3, -0.25) is 0 Å². The van der Waals surface area contributed by atoms with E-state index in [1.54, 1.807) is 0 Å². The van der Waals surface area contributed by atoms with Gasteiger partial charge in [0.05, 0.1) is 17.4 Å². The summed E-state index contributed by atoms with van der Waals surface area (Å²) in [6, 6.07) is 3.24. The molecular formula is C12H13BrFN3O2S. The van der Waals surface area contributed by atoms with E-state index in [9.17, 15) is 12.8 Å². The van der Waals surface area contributed by atoms with Gasteiger partial charge in [0, 0.05) is 16.2 Å². The van der Waals surface area contributed by atoms with Crippen LogP contribution in [0.15, 0.2) is 16.7 Å². The van der Waals surface area contributed by atoms with Crippen molar-refractivity contribution in [2.45, 2.75) is 30.1 Å². The van der Waals surface area contributed by atoms with Gasteiger partial charge in [0.1, 0.15) is 0 Å². The van der Waals surface area contributed by atoms with Crippen molar-refractivity contribution in [1.29, 1.82) is 5.26 Å². The molecule has 0 bridgehead atoms. The molecule has 1 aliphatic rings. The van der Waals surface area contributed by atoms with Crippen molar-refractivity contribution in [1.82, 2.24) is 4.98 Å². The van der Waals surface area contributed by atoms with Crippen molar-refractivity contribution >= 4 is 25.8 Å². The van der Waals surface area contributed by atoms with E-state index < -0.39 is 31.8 Å². The molecule has 0 amide bonds. The maximum Gasteiger partial charge on any atom is 0.217 e. The molecule has 1 aliphatic carbocycles. The standard InChI is InChI=1S/C12H13BrFN3O2S/c1-11(16,9-4-8(13)5-17-10(9)14)7-20(18,19)12(6-15)2-3-12/h4-5H,2-3,7,16H2,1H3/t11-/m0/s1. The lowest BCUT2D eigenvalue weighted by molar-refractivity contribution is 0.474. The predicted molar refractivity (Wildman–Crippen MR) is 74.8 cm³/mol. The molecule has 5 nitrogen and oxygen atoms in total. The average Bonchev–Trinajstić information content (AvgIpc) is 3.12. The number of halogens is 2. The van der Waals surface area contributed by atoms with Crippen LogP contribution in [0.3, 0.4) is 0 Å². The Morgan fingerprint density at radius 1 is 1.65 bits per heavy atom. The van der Waals surface area contributed by atoms with Gasteiger partial charge >= 0.3 is 0 Å². The number of nitrogens with zero attached hydrogens (tertiary/aromatic N) is 2. The summed E-state index contributed by atoms with van der Waals surface area (Å²) in [6.07, 6.45) is 1.88. The van der Waals surface area contributed by atoms with Crippen molar-refractivity contribution in [2.24, 2.45) is 5.73 Å². The lowest BCUT2D eigenvalue weighted by Crippen LogP contribution is -2.44. The van der Waals surface area contributed by atoms with Crippen molar-refractivity contribution in [3.63, 3.8) is 0 Å². The summed E-state index contributed by atoms with van der Waals surface area (Å²) in [5, 5.41) is 8.99. The summed E-state index contributed by atoms with van der Waals surface area (Å²) in [6.45, 7) is 1.42. The first-order chi connectivity index (χ1) is 9.13. The molecule has 0 radical (unpaired) electrons. The second-order valence-electron chi connectivity index (χ2n) is 5.27. The van der Waals surface area contributed by atoms with Gasteiger partial charge < -0.3 is 5.73 Å². The van der Waals surface area contributed by atoms with E-state index in [1.807, 2.05) is 6.07 Å². The molecule has 2 N–H and O–H groups in total. The van der Waals surface area contributed by atoms with Crippen molar-refractivity contribution in [3.8, 4) is 6.07 Å². The lowest BCUT2D eigenvalue weighted by atomic mass is 9.97. The van der Waals surface area contributed by atoms with Gasteiger partial charge in [-0.25, -0.2) is 13.4 Å². The Balaban J connectivity index is 2.37. The SMILES string of the molecule is C[C@](N)(CS(=O)(=O)C1(C#N)CC1)c1cc(Br)cnc1F. The summed E-state index contributed by atoms with van der Waals surface area (Å²) in [4.78, 5) is 3.52. The molecule has 0 aliphatic heterocycles. The molecule has 8 heteroatoms. The second-order valence-corrected chi connectivity index (χ2v) is 8.49. The Hall–Kier alpha value is -1.04. The van der Waals surface area contributed by atoms with E-state index in [-0.39, 0.29) is 5.56 Å². The molecule has 0 unspecified atom stereocenters. The first-order valence-corrected chi connectivity index (χ1v) is 8.32. The zero-order valence-corrected chi connectivity index (χ0v) is 13.1. The summed E-state index contributed by atoms with van der Waals surface area (Å²) in [5.41, 5.74) is 4.54. The van der Waals surface area contributed by atoms with E-state index in [4.69, 9.17) is 11.0 Å². The van der Waals surface area contributed by atoms with Crippen LogP contribution < -0.4 is 5.73 Å². The largest absolute Gasteiger partial charge is 0.321 e. The van der Waals surface area contributed by atoms with Gasteiger partial charge in [-0.05, 0) is 41.8 Å². The van der Waals surface area contributed by atoms with E-state index in [1.165, 1.54) is 19.2 Å². The van der Waals surface area contributed by atoms with Crippen LogP contribution in [-0.2, 0) is 15.4 Å². The summed E-state index contributed by atoms with van der Waals surface area (Å²) < 4.78 is 37.5. The fourth-order valence-electron chi connectivity index (χ4n) is 2.04. The molecular weight excluding hydrogens is 349 g/mol. The number of aromatic nitrogens is 1. The van der Waals surface area contributed by atoms with Gasteiger partial charge in [-0.2, -0.15) is 9.65 Å². The topological polar surface area (TPSA) is 96.8 Å². The minimum atomic E-state index is -3.73. The minimum Gasteiger partial charge on any atom is -0.321 e. The highest BCUT2D eigenvalue weighted by Gasteiger charge is 2.56. The van der Waals surface area contributed by atoms with Crippen LogP contribution in [0.4, 0.5) is 4.39 Å². The first kappa shape index (κ1) is 15.4. The number of hydrogen-bond donors (Lipinski definition) is 1. The van der Waals surface area contributed by atoms with Crippen molar-refractivity contribution in [3.05, 3.63) is 28.2 Å². The zero-order chi connectivity index (χ0) is 15.2. The zero-order valence-electron chi connectivity index (χ0n) is 10.7. The van der Waals surface area contributed by atoms with Gasteiger partial charge in [-0.15, -0.1) is 0 Å². The van der Waals surface area contributed by atoms with E-state index in [0.717, 1.165) is 0 Å². The van der Waals surface area contributed by atoms with Crippen LogP contribution in [0.25, 0.3) is 0 Å². The number of nitriles is 1. The molecule has 1 saturated carbocycles. The molecule has 0 aromatic carbocycles. The fourth-order valence-corrected chi connectivity index (χ4v) is 4.46. The number of nitrogens with two attached hydrogens (primary N) is 1. The molecule has 0 spiro atoms. The third-order valence-electron chi connectivity index (χ3n) is 3.41. The number of rotatable bonds is 4. The molecule has 1 fully saturated rings. The molecule has 1 heterocycles. The smallest absolute Gasteiger partial charge is 0.217 e. The fraction of sp³-hybridized carbons (Fsp3) is 0.500. The Labute approximate surface area is 125 Å². The summed E-state index contributed by atoms with van der Waals surface area (Å²) in [5.74, 6) is -1.31. The van der Waals surface area contributed by atoms with Crippen LogP contribution in [0.1, 0.15) is 25.3 Å². The van der Waals surface area contributed by atoms with Crippen molar-refractivity contribution < 1.29 is 12.8 Å². The Bertz CT molecular complexity index is 693. The number of sulfone groups is 1. The van der Waals surface area contributed by atoms with Crippen LogP contribution in [-0.4, -0.2) is 23.9 Å². The molecule has 1 atom stereocenters. The summed E-state index contributed by atoms with van der Waals surface area (Å²) >= 11 is 3.15. The molecule has 20 heavy (non-hydrogen) atoms. The maximum absolute atomic E-state index is 13.8. The Morgan fingerprint density at radius 2 is 2.25 bits per heavy atom. The minimum absolute atomic E-state index is 0.00388. The van der Waals surface area contributed by atoms with E-state index >= 15 is 0 Å². The Kier molecular flexibility index (Phi) is 3.65. The van der Waals surface area contributed by atoms with Gasteiger partial charge in [-0.1, -0.05) is 0 Å². The van der Waals surface area contributed by atoms with E-state index in [0.29, 0.717) is 17.3 Å². The quantitative estimate of drug-likeness (QED) is 0.821. The van der Waals surface area contributed by atoms with Crippen LogP contribution in [0.5, 0.6) is 0 Å². The highest BCUT2D eigenvalue weighted by atomic mass is 79.9. The van der Waals surface area contributed by atoms with Gasteiger partial charge in [0.25, 0.3) is 0 Å². The highest BCUT2D eigenvalue weighted by Crippen LogP contribution is 2.44. The first-order valence-electron chi connectivity index (χ1n) is 5.87. The summed E-state index contributed by atoms with van der Waals surface area (Å²) in [7, 11) is -3.73. The average molecular weight is 362 g/mol.